The Bertz CT molecular complexity index is 675. The van der Waals surface area contributed by atoms with Crippen LogP contribution in [0.3, 0.4) is 0 Å². The first kappa shape index (κ1) is 17.8. The Kier molecular flexibility index (Phi) is 4.77. The van der Waals surface area contributed by atoms with Crippen LogP contribution in [-0.2, 0) is 11.8 Å². The van der Waals surface area contributed by atoms with E-state index in [1.807, 2.05) is 23.9 Å². The number of halogens is 2. The van der Waals surface area contributed by atoms with E-state index in [0.717, 1.165) is 6.54 Å². The summed E-state index contributed by atoms with van der Waals surface area (Å²) in [5.74, 6) is -0.559. The van der Waals surface area contributed by atoms with Gasteiger partial charge in [0.05, 0.1) is 11.5 Å². The molecule has 9 heteroatoms. The Hall–Kier alpha value is -2.03. The van der Waals surface area contributed by atoms with Crippen molar-refractivity contribution in [2.24, 2.45) is 18.9 Å². The standard InChI is InChI=1S/C16H23F2N5O2/c1-20(2)4-5-22-6-10-7-23(9-11(10)15(22)24)16(25)12-8-21(3)19-13(12)14(17)18/h8,10-11,14H,4-7,9H2,1-3H3/t10-,11+/m1/s1. The number of hydrogen-bond donors (Lipinski definition) is 0. The largest absolute Gasteiger partial charge is 0.341 e. The summed E-state index contributed by atoms with van der Waals surface area (Å²) in [5, 5.41) is 3.68. The van der Waals surface area contributed by atoms with E-state index in [1.54, 1.807) is 0 Å². The number of hydrogen-bond acceptors (Lipinski definition) is 4. The van der Waals surface area contributed by atoms with Crippen molar-refractivity contribution in [3.8, 4) is 0 Å². The number of likely N-dealkylation sites (N-methyl/N-ethyl adjacent to an activating group) is 1. The molecule has 25 heavy (non-hydrogen) atoms. The Morgan fingerprint density at radius 2 is 2.08 bits per heavy atom. The lowest BCUT2D eigenvalue weighted by Gasteiger charge is -2.23. The summed E-state index contributed by atoms with van der Waals surface area (Å²) in [6, 6.07) is 0. The predicted octanol–water partition coefficient (Wildman–Crippen LogP) is 0.450. The molecule has 0 aromatic carbocycles. The van der Waals surface area contributed by atoms with Crippen molar-refractivity contribution < 1.29 is 18.4 Å². The molecule has 0 spiro atoms. The zero-order chi connectivity index (χ0) is 18.3. The van der Waals surface area contributed by atoms with Gasteiger partial charge in [-0.2, -0.15) is 5.10 Å². The van der Waals surface area contributed by atoms with E-state index in [2.05, 4.69) is 5.10 Å². The van der Waals surface area contributed by atoms with Gasteiger partial charge in [-0.1, -0.05) is 0 Å². The Balaban J connectivity index is 1.67. The van der Waals surface area contributed by atoms with E-state index in [1.165, 1.54) is 22.8 Å². The maximum atomic E-state index is 13.1. The van der Waals surface area contributed by atoms with Gasteiger partial charge >= 0.3 is 0 Å². The number of carbonyl (C=O) groups is 2. The smallest absolute Gasteiger partial charge is 0.282 e. The fourth-order valence-corrected chi connectivity index (χ4v) is 3.63. The average Bonchev–Trinajstić information content (AvgIpc) is 3.19. The number of rotatable bonds is 5. The quantitative estimate of drug-likeness (QED) is 0.770. The zero-order valence-corrected chi connectivity index (χ0v) is 14.7. The van der Waals surface area contributed by atoms with E-state index in [0.29, 0.717) is 26.2 Å². The molecule has 2 fully saturated rings. The molecule has 2 aliphatic heterocycles. The van der Waals surface area contributed by atoms with Crippen LogP contribution in [0.2, 0.25) is 0 Å². The number of fused-ring (bicyclic) bond motifs is 1. The summed E-state index contributed by atoms with van der Waals surface area (Å²) in [5.41, 5.74) is -0.571. The van der Waals surface area contributed by atoms with E-state index < -0.39 is 18.0 Å². The fourth-order valence-electron chi connectivity index (χ4n) is 3.63. The predicted molar refractivity (Wildman–Crippen MR) is 86.2 cm³/mol. The minimum atomic E-state index is -2.80. The summed E-state index contributed by atoms with van der Waals surface area (Å²) in [7, 11) is 5.42. The first-order valence-electron chi connectivity index (χ1n) is 8.32. The molecule has 0 aliphatic carbocycles. The first-order chi connectivity index (χ1) is 11.8. The first-order valence-corrected chi connectivity index (χ1v) is 8.32. The van der Waals surface area contributed by atoms with Crippen LogP contribution in [-0.4, -0.2) is 83.1 Å². The molecule has 1 aromatic rings. The number of carbonyl (C=O) groups excluding carboxylic acids is 2. The van der Waals surface area contributed by atoms with Gasteiger partial charge in [0.25, 0.3) is 12.3 Å². The van der Waals surface area contributed by atoms with Gasteiger partial charge in [-0.15, -0.1) is 0 Å². The van der Waals surface area contributed by atoms with E-state index in [-0.39, 0.29) is 23.3 Å². The average molecular weight is 355 g/mol. The van der Waals surface area contributed by atoms with Crippen LogP contribution in [0, 0.1) is 11.8 Å². The van der Waals surface area contributed by atoms with Crippen molar-refractivity contribution in [2.75, 3.05) is 46.8 Å². The highest BCUT2D eigenvalue weighted by Crippen LogP contribution is 2.33. The summed E-state index contributed by atoms with van der Waals surface area (Å²) >= 11 is 0. The normalized spacial score (nSPS) is 23.2. The van der Waals surface area contributed by atoms with Crippen molar-refractivity contribution in [1.82, 2.24) is 24.5 Å². The van der Waals surface area contributed by atoms with Crippen molar-refractivity contribution in [3.05, 3.63) is 17.5 Å². The van der Waals surface area contributed by atoms with Gasteiger partial charge in [0.1, 0.15) is 5.69 Å². The van der Waals surface area contributed by atoms with Gasteiger partial charge in [-0.3, -0.25) is 14.3 Å². The number of amides is 2. The second kappa shape index (κ2) is 6.70. The van der Waals surface area contributed by atoms with Crippen LogP contribution in [0.4, 0.5) is 8.78 Å². The van der Waals surface area contributed by atoms with Crippen LogP contribution >= 0.6 is 0 Å². The second-order valence-electron chi connectivity index (χ2n) is 7.07. The van der Waals surface area contributed by atoms with Crippen LogP contribution in [0.5, 0.6) is 0 Å². The fraction of sp³-hybridized carbons (Fsp3) is 0.688. The van der Waals surface area contributed by atoms with Crippen molar-refractivity contribution in [3.63, 3.8) is 0 Å². The molecule has 3 heterocycles. The summed E-state index contributed by atoms with van der Waals surface area (Å²) in [6.07, 6.45) is -1.48. The Labute approximate surface area is 145 Å². The molecule has 0 N–H and O–H groups in total. The molecule has 0 bridgehead atoms. The SMILES string of the molecule is CN(C)CCN1C[C@@H]2CN(C(=O)c3cn(C)nc3C(F)F)C[C@@H]2C1=O. The van der Waals surface area contributed by atoms with Gasteiger partial charge in [0.15, 0.2) is 0 Å². The molecule has 0 radical (unpaired) electrons. The highest BCUT2D eigenvalue weighted by Gasteiger charge is 2.47. The second-order valence-corrected chi connectivity index (χ2v) is 7.07. The van der Waals surface area contributed by atoms with E-state index >= 15 is 0 Å². The molecule has 1 aromatic heterocycles. The summed E-state index contributed by atoms with van der Waals surface area (Å²) < 4.78 is 27.4. The zero-order valence-electron chi connectivity index (χ0n) is 14.7. The van der Waals surface area contributed by atoms with Gasteiger partial charge in [0, 0.05) is 51.9 Å². The maximum absolute atomic E-state index is 13.1. The third-order valence-electron chi connectivity index (χ3n) is 4.92. The number of aromatic nitrogens is 2. The third-order valence-corrected chi connectivity index (χ3v) is 4.92. The van der Waals surface area contributed by atoms with Gasteiger partial charge < -0.3 is 14.7 Å². The lowest BCUT2D eigenvalue weighted by atomic mass is 10.0. The monoisotopic (exact) mass is 355 g/mol. The van der Waals surface area contributed by atoms with Crippen LogP contribution in [0.15, 0.2) is 6.20 Å². The molecule has 2 atom stereocenters. The topological polar surface area (TPSA) is 61.7 Å². The highest BCUT2D eigenvalue weighted by molar-refractivity contribution is 5.96. The molecule has 2 saturated heterocycles. The number of aryl methyl sites for hydroxylation is 1. The van der Waals surface area contributed by atoms with E-state index in [4.69, 9.17) is 0 Å². The molecule has 2 aliphatic rings. The third kappa shape index (κ3) is 3.37. The van der Waals surface area contributed by atoms with Crippen molar-refractivity contribution >= 4 is 11.8 Å². The maximum Gasteiger partial charge on any atom is 0.282 e. The van der Waals surface area contributed by atoms with Crippen molar-refractivity contribution in [1.29, 1.82) is 0 Å². The van der Waals surface area contributed by atoms with Gasteiger partial charge in [0.2, 0.25) is 5.91 Å². The minimum Gasteiger partial charge on any atom is -0.341 e. The Morgan fingerprint density at radius 1 is 1.36 bits per heavy atom. The molecule has 0 saturated carbocycles. The van der Waals surface area contributed by atoms with Crippen LogP contribution in [0.1, 0.15) is 22.5 Å². The number of alkyl halides is 2. The lowest BCUT2D eigenvalue weighted by Crippen LogP contribution is -2.38. The molecule has 7 nitrogen and oxygen atoms in total. The van der Waals surface area contributed by atoms with Gasteiger partial charge in [-0.05, 0) is 14.1 Å². The molecular formula is C16H23F2N5O2. The highest BCUT2D eigenvalue weighted by atomic mass is 19.3. The van der Waals surface area contributed by atoms with Crippen LogP contribution in [0.25, 0.3) is 0 Å². The number of nitrogens with zero attached hydrogens (tertiary/aromatic N) is 5. The molecule has 0 unspecified atom stereocenters. The number of likely N-dealkylation sites (tertiary alicyclic amines) is 2. The van der Waals surface area contributed by atoms with E-state index in [9.17, 15) is 18.4 Å². The van der Waals surface area contributed by atoms with Crippen LogP contribution < -0.4 is 0 Å². The summed E-state index contributed by atoms with van der Waals surface area (Å²) in [6.45, 7) is 2.80. The summed E-state index contributed by atoms with van der Waals surface area (Å²) in [4.78, 5) is 30.5. The molecule has 138 valence electrons. The molecule has 3 rings (SSSR count). The van der Waals surface area contributed by atoms with Crippen molar-refractivity contribution in [2.45, 2.75) is 6.43 Å². The van der Waals surface area contributed by atoms with Gasteiger partial charge in [-0.25, -0.2) is 8.78 Å². The molecular weight excluding hydrogens is 332 g/mol. The molecule has 2 amide bonds. The minimum absolute atomic E-state index is 0.0578. The Morgan fingerprint density at radius 3 is 2.68 bits per heavy atom. The lowest BCUT2D eigenvalue weighted by molar-refractivity contribution is -0.131.